The van der Waals surface area contributed by atoms with Gasteiger partial charge in [0.2, 0.25) is 0 Å². The van der Waals surface area contributed by atoms with Gasteiger partial charge in [-0.1, -0.05) is 0 Å². The van der Waals surface area contributed by atoms with Gasteiger partial charge in [-0.15, -0.1) is 11.3 Å². The van der Waals surface area contributed by atoms with E-state index in [0.717, 1.165) is 31.6 Å². The van der Waals surface area contributed by atoms with Crippen LogP contribution in [-0.2, 0) is 6.54 Å². The molecule has 0 spiro atoms. The van der Waals surface area contributed by atoms with Crippen molar-refractivity contribution in [1.29, 1.82) is 0 Å². The third-order valence-corrected chi connectivity index (χ3v) is 2.50. The summed E-state index contributed by atoms with van der Waals surface area (Å²) in [5.41, 5.74) is 2.99. The Kier molecular flexibility index (Phi) is 4.97. The zero-order valence-corrected chi connectivity index (χ0v) is 8.76. The first kappa shape index (κ1) is 10.6. The minimum atomic E-state index is 0.296. The molecule has 4 heteroatoms. The Bertz CT molecular complexity index is 213. The van der Waals surface area contributed by atoms with E-state index < -0.39 is 0 Å². The number of thiazole rings is 1. The summed E-state index contributed by atoms with van der Waals surface area (Å²) in [4.78, 5) is 6.44. The number of aliphatic hydroxyl groups excluding tert-OH is 1. The van der Waals surface area contributed by atoms with Crippen LogP contribution in [0.15, 0.2) is 10.9 Å². The van der Waals surface area contributed by atoms with Gasteiger partial charge < -0.3 is 10.0 Å². The average molecular weight is 200 g/mol. The third kappa shape index (κ3) is 4.36. The monoisotopic (exact) mass is 200 g/mol. The van der Waals surface area contributed by atoms with Crippen molar-refractivity contribution in [2.45, 2.75) is 19.4 Å². The number of hydrogen-bond donors (Lipinski definition) is 1. The highest BCUT2D eigenvalue weighted by Gasteiger charge is 2.00. The average Bonchev–Trinajstić information content (AvgIpc) is 2.57. The lowest BCUT2D eigenvalue weighted by molar-refractivity contribution is 0.260. The van der Waals surface area contributed by atoms with Crippen molar-refractivity contribution in [3.8, 4) is 0 Å². The van der Waals surface area contributed by atoms with Gasteiger partial charge in [0.25, 0.3) is 0 Å². The number of aromatic nitrogens is 1. The van der Waals surface area contributed by atoms with Gasteiger partial charge in [0.15, 0.2) is 0 Å². The molecule has 0 radical (unpaired) electrons. The number of rotatable bonds is 6. The van der Waals surface area contributed by atoms with Crippen LogP contribution < -0.4 is 0 Å². The Labute approximate surface area is 83.0 Å². The largest absolute Gasteiger partial charge is 0.396 e. The highest BCUT2D eigenvalue weighted by atomic mass is 32.1. The third-order valence-electron chi connectivity index (χ3n) is 1.86. The minimum absolute atomic E-state index is 0.296. The van der Waals surface area contributed by atoms with Gasteiger partial charge >= 0.3 is 0 Å². The summed E-state index contributed by atoms with van der Waals surface area (Å²) in [7, 11) is 2.08. The maximum atomic E-state index is 8.61. The molecule has 0 atom stereocenters. The van der Waals surface area contributed by atoms with Crippen LogP contribution in [0, 0.1) is 0 Å². The smallest absolute Gasteiger partial charge is 0.0795 e. The molecule has 0 fully saturated rings. The molecule has 0 aliphatic rings. The van der Waals surface area contributed by atoms with E-state index in [1.54, 1.807) is 11.3 Å². The molecule has 1 aromatic heterocycles. The van der Waals surface area contributed by atoms with Gasteiger partial charge in [-0.2, -0.15) is 0 Å². The van der Waals surface area contributed by atoms with Crippen LogP contribution in [0.5, 0.6) is 0 Å². The molecule has 0 unspecified atom stereocenters. The first-order valence-electron chi connectivity index (χ1n) is 4.49. The zero-order valence-electron chi connectivity index (χ0n) is 7.94. The molecule has 0 amide bonds. The Morgan fingerprint density at radius 3 is 3.00 bits per heavy atom. The van der Waals surface area contributed by atoms with E-state index in [4.69, 9.17) is 5.11 Å². The van der Waals surface area contributed by atoms with Crippen LogP contribution >= 0.6 is 11.3 Å². The Hall–Kier alpha value is -0.450. The summed E-state index contributed by atoms with van der Waals surface area (Å²) in [6, 6.07) is 0. The van der Waals surface area contributed by atoms with E-state index in [9.17, 15) is 0 Å². The van der Waals surface area contributed by atoms with E-state index in [-0.39, 0.29) is 0 Å². The highest BCUT2D eigenvalue weighted by molar-refractivity contribution is 7.07. The lowest BCUT2D eigenvalue weighted by Gasteiger charge is -2.14. The van der Waals surface area contributed by atoms with Gasteiger partial charge in [-0.3, -0.25) is 0 Å². The normalized spacial score (nSPS) is 11.0. The summed E-state index contributed by atoms with van der Waals surface area (Å²) in [5.74, 6) is 0. The van der Waals surface area contributed by atoms with Crippen LogP contribution in [-0.4, -0.2) is 35.2 Å². The molecular formula is C9H16N2OS. The lowest BCUT2D eigenvalue weighted by atomic mass is 10.3. The Morgan fingerprint density at radius 2 is 2.38 bits per heavy atom. The SMILES string of the molecule is CN(CCCCO)Cc1cscn1. The van der Waals surface area contributed by atoms with Gasteiger partial charge in [0.1, 0.15) is 0 Å². The van der Waals surface area contributed by atoms with Crippen molar-refractivity contribution >= 4 is 11.3 Å². The van der Waals surface area contributed by atoms with Crippen molar-refractivity contribution in [2.24, 2.45) is 0 Å². The van der Waals surface area contributed by atoms with Gasteiger partial charge in [-0.05, 0) is 26.4 Å². The molecule has 0 aliphatic carbocycles. The molecule has 0 aliphatic heterocycles. The Balaban J connectivity index is 2.14. The van der Waals surface area contributed by atoms with Gasteiger partial charge in [0, 0.05) is 18.5 Å². The van der Waals surface area contributed by atoms with Crippen molar-refractivity contribution in [1.82, 2.24) is 9.88 Å². The molecule has 0 saturated carbocycles. The number of hydrogen-bond acceptors (Lipinski definition) is 4. The van der Waals surface area contributed by atoms with E-state index in [0.29, 0.717) is 6.61 Å². The molecule has 0 saturated heterocycles. The summed E-state index contributed by atoms with van der Waals surface area (Å²) in [5, 5.41) is 10.7. The fraction of sp³-hybridized carbons (Fsp3) is 0.667. The van der Waals surface area contributed by atoms with Crippen LogP contribution in [0.25, 0.3) is 0 Å². The summed E-state index contributed by atoms with van der Waals surface area (Å²) < 4.78 is 0. The number of nitrogens with zero attached hydrogens (tertiary/aromatic N) is 2. The summed E-state index contributed by atoms with van der Waals surface area (Å²) in [6.45, 7) is 2.23. The molecule has 1 heterocycles. The van der Waals surface area contributed by atoms with Crippen molar-refractivity contribution in [3.05, 3.63) is 16.6 Å². The molecule has 3 nitrogen and oxygen atoms in total. The number of aliphatic hydroxyl groups is 1. The van der Waals surface area contributed by atoms with Gasteiger partial charge in [0.05, 0.1) is 11.2 Å². The van der Waals surface area contributed by atoms with Crippen molar-refractivity contribution in [2.75, 3.05) is 20.2 Å². The molecular weight excluding hydrogens is 184 g/mol. The van der Waals surface area contributed by atoms with Gasteiger partial charge in [-0.25, -0.2) is 4.98 Å². The maximum absolute atomic E-state index is 8.61. The lowest BCUT2D eigenvalue weighted by Crippen LogP contribution is -2.19. The topological polar surface area (TPSA) is 36.4 Å². The standard InChI is InChI=1S/C9H16N2OS/c1-11(4-2-3-5-12)6-9-7-13-8-10-9/h7-8,12H,2-6H2,1H3. The predicted molar refractivity (Wildman–Crippen MR) is 54.8 cm³/mol. The molecule has 74 valence electrons. The minimum Gasteiger partial charge on any atom is -0.396 e. The van der Waals surface area contributed by atoms with Crippen LogP contribution in [0.1, 0.15) is 18.5 Å². The fourth-order valence-electron chi connectivity index (χ4n) is 1.16. The second-order valence-corrected chi connectivity index (χ2v) is 3.87. The second kappa shape index (κ2) is 6.07. The first-order valence-corrected chi connectivity index (χ1v) is 5.43. The predicted octanol–water partition coefficient (Wildman–Crippen LogP) is 1.35. The quantitative estimate of drug-likeness (QED) is 0.704. The van der Waals surface area contributed by atoms with Crippen molar-refractivity contribution < 1.29 is 5.11 Å². The first-order chi connectivity index (χ1) is 6.33. The summed E-state index contributed by atoms with van der Waals surface area (Å²) >= 11 is 1.63. The van der Waals surface area contributed by atoms with E-state index in [1.807, 2.05) is 5.51 Å². The highest BCUT2D eigenvalue weighted by Crippen LogP contribution is 2.04. The molecule has 0 bridgehead atoms. The molecule has 0 aromatic carbocycles. The van der Waals surface area contributed by atoms with E-state index in [1.165, 1.54) is 0 Å². The number of unbranched alkanes of at least 4 members (excludes halogenated alkanes) is 1. The van der Waals surface area contributed by atoms with Crippen molar-refractivity contribution in [3.63, 3.8) is 0 Å². The molecule has 1 N–H and O–H groups in total. The second-order valence-electron chi connectivity index (χ2n) is 3.15. The maximum Gasteiger partial charge on any atom is 0.0795 e. The van der Waals surface area contributed by atoms with E-state index in [2.05, 4.69) is 22.3 Å². The fourth-order valence-corrected chi connectivity index (χ4v) is 1.71. The molecule has 1 aromatic rings. The van der Waals surface area contributed by atoms with Crippen LogP contribution in [0.4, 0.5) is 0 Å². The molecule has 13 heavy (non-hydrogen) atoms. The zero-order chi connectivity index (χ0) is 9.52. The van der Waals surface area contributed by atoms with Crippen LogP contribution in [0.2, 0.25) is 0 Å². The molecule has 1 rings (SSSR count). The van der Waals surface area contributed by atoms with Crippen LogP contribution in [0.3, 0.4) is 0 Å². The summed E-state index contributed by atoms with van der Waals surface area (Å²) in [6.07, 6.45) is 1.94. The Morgan fingerprint density at radius 1 is 1.54 bits per heavy atom. The van der Waals surface area contributed by atoms with E-state index >= 15 is 0 Å².